The summed E-state index contributed by atoms with van der Waals surface area (Å²) in [7, 11) is 0. The molecule has 0 saturated heterocycles. The van der Waals surface area contributed by atoms with Crippen LogP contribution in [0, 0.1) is 5.53 Å². The Morgan fingerprint density at radius 2 is 2.00 bits per heavy atom. The summed E-state index contributed by atoms with van der Waals surface area (Å²) in [5, 5.41) is 3.12. The molecule has 1 rings (SSSR count). The van der Waals surface area contributed by atoms with Gasteiger partial charge >= 0.3 is 0 Å². The van der Waals surface area contributed by atoms with E-state index in [9.17, 15) is 0 Å². The summed E-state index contributed by atoms with van der Waals surface area (Å²) < 4.78 is 0. The van der Waals surface area contributed by atoms with Gasteiger partial charge in [0.05, 0.1) is 0 Å². The summed E-state index contributed by atoms with van der Waals surface area (Å²) in [6.45, 7) is 0. The van der Waals surface area contributed by atoms with E-state index in [0.717, 1.165) is 0 Å². The monoisotopic (exact) mass is 113 g/mol. The molecule has 1 aliphatic carbocycles. The van der Waals surface area contributed by atoms with Crippen molar-refractivity contribution in [2.45, 2.75) is 31.7 Å². The van der Waals surface area contributed by atoms with Crippen molar-refractivity contribution < 1.29 is 0 Å². The van der Waals surface area contributed by atoms with Crippen LogP contribution in [0.4, 0.5) is 0 Å². The summed E-state index contributed by atoms with van der Waals surface area (Å²) in [6.07, 6.45) is 4.99. The first-order chi connectivity index (χ1) is 3.93. The second-order valence-corrected chi connectivity index (χ2v) is 2.22. The molecule has 8 heavy (non-hydrogen) atoms. The Balaban J connectivity index is 2.14. The average Bonchev–Trinajstić information content (AvgIpc) is 2.19. The maximum atomic E-state index is 6.48. The topological polar surface area (TPSA) is 48.2 Å². The Labute approximate surface area is 48.9 Å². The van der Waals surface area contributed by atoms with Gasteiger partial charge in [-0.2, -0.15) is 5.53 Å². The fourth-order valence-corrected chi connectivity index (χ4v) is 1.15. The van der Waals surface area contributed by atoms with E-state index < -0.39 is 0 Å². The smallest absolute Gasteiger partial charge is 0.0457 e. The molecule has 3 nitrogen and oxygen atoms in total. The number of hydrogen-bond donors (Lipinski definition) is 2. The van der Waals surface area contributed by atoms with Crippen molar-refractivity contribution in [3.8, 4) is 0 Å². The Morgan fingerprint density at radius 3 is 2.50 bits per heavy atom. The Kier molecular flexibility index (Phi) is 1.83. The van der Waals surface area contributed by atoms with Crippen molar-refractivity contribution in [2.75, 3.05) is 0 Å². The molecule has 0 aliphatic heterocycles. The third-order valence-electron chi connectivity index (χ3n) is 1.60. The lowest BCUT2D eigenvalue weighted by atomic mass is 10.3. The summed E-state index contributed by atoms with van der Waals surface area (Å²) in [4.78, 5) is 0. The lowest BCUT2D eigenvalue weighted by molar-refractivity contribution is 0.517. The molecule has 0 radical (unpaired) electrons. The van der Waals surface area contributed by atoms with E-state index in [1.54, 1.807) is 0 Å². The van der Waals surface area contributed by atoms with Gasteiger partial charge < -0.3 is 0 Å². The largest absolute Gasteiger partial charge is 0.289 e. The van der Waals surface area contributed by atoms with Gasteiger partial charge in [-0.25, -0.2) is 0 Å². The van der Waals surface area contributed by atoms with Gasteiger partial charge in [0.25, 0.3) is 0 Å². The minimum Gasteiger partial charge on any atom is -0.289 e. The molecule has 0 bridgehead atoms. The van der Waals surface area contributed by atoms with Crippen LogP contribution in [0.15, 0.2) is 5.22 Å². The van der Waals surface area contributed by atoms with E-state index in [1.165, 1.54) is 25.7 Å². The van der Waals surface area contributed by atoms with E-state index in [4.69, 9.17) is 5.53 Å². The lowest BCUT2D eigenvalue weighted by Crippen LogP contribution is -2.18. The van der Waals surface area contributed by atoms with Crippen LogP contribution in [-0.4, -0.2) is 6.04 Å². The zero-order valence-corrected chi connectivity index (χ0v) is 4.85. The van der Waals surface area contributed by atoms with Gasteiger partial charge in [-0.15, -0.1) is 0 Å². The summed E-state index contributed by atoms with van der Waals surface area (Å²) in [6, 6.07) is 0.507. The number of rotatable bonds is 2. The van der Waals surface area contributed by atoms with Crippen LogP contribution >= 0.6 is 0 Å². The molecule has 0 spiro atoms. The van der Waals surface area contributed by atoms with Crippen LogP contribution in [0.5, 0.6) is 0 Å². The molecule has 0 atom stereocenters. The fourth-order valence-electron chi connectivity index (χ4n) is 1.15. The van der Waals surface area contributed by atoms with Crippen molar-refractivity contribution >= 4 is 0 Å². The summed E-state index contributed by atoms with van der Waals surface area (Å²) >= 11 is 0. The van der Waals surface area contributed by atoms with Crippen LogP contribution in [0.1, 0.15) is 25.7 Å². The molecule has 0 aromatic carbocycles. The molecule has 2 N–H and O–H groups in total. The van der Waals surface area contributed by atoms with Crippen LogP contribution in [-0.2, 0) is 0 Å². The van der Waals surface area contributed by atoms with Gasteiger partial charge in [0.2, 0.25) is 0 Å². The van der Waals surface area contributed by atoms with E-state index in [1.807, 2.05) is 0 Å². The molecule has 0 aromatic rings. The third-order valence-corrected chi connectivity index (χ3v) is 1.60. The minimum atomic E-state index is 0.507. The van der Waals surface area contributed by atoms with E-state index in [-0.39, 0.29) is 0 Å². The summed E-state index contributed by atoms with van der Waals surface area (Å²) in [5.41, 5.74) is 9.22. The van der Waals surface area contributed by atoms with E-state index in [0.29, 0.717) is 6.04 Å². The zero-order valence-electron chi connectivity index (χ0n) is 4.85. The lowest BCUT2D eigenvalue weighted by Gasteiger charge is -2.03. The van der Waals surface area contributed by atoms with E-state index >= 15 is 0 Å². The minimum absolute atomic E-state index is 0.507. The number of nitrogens with one attached hydrogen (secondary N) is 2. The van der Waals surface area contributed by atoms with Crippen molar-refractivity contribution in [3.05, 3.63) is 0 Å². The van der Waals surface area contributed by atoms with Gasteiger partial charge in [-0.1, -0.05) is 18.1 Å². The quantitative estimate of drug-likeness (QED) is 0.413. The highest BCUT2D eigenvalue weighted by Crippen LogP contribution is 2.17. The molecule has 0 amide bonds. The fraction of sp³-hybridized carbons (Fsp3) is 1.00. The van der Waals surface area contributed by atoms with Crippen molar-refractivity contribution in [3.63, 3.8) is 0 Å². The Bertz CT molecular complexity index is 75.7. The van der Waals surface area contributed by atoms with Gasteiger partial charge in [-0.3, -0.25) is 5.43 Å². The highest BCUT2D eigenvalue weighted by atomic mass is 15.4. The third kappa shape index (κ3) is 1.18. The van der Waals surface area contributed by atoms with Gasteiger partial charge in [0.1, 0.15) is 0 Å². The van der Waals surface area contributed by atoms with Gasteiger partial charge in [0.15, 0.2) is 0 Å². The number of nitrogens with zero attached hydrogens (tertiary/aromatic N) is 1. The molecular formula is C5H11N3. The standard InChI is InChI=1S/C5H11N3/c6-8-7-5-3-1-2-4-5/h5H,1-4H2,(H2,6,7). The van der Waals surface area contributed by atoms with Crippen LogP contribution in [0.2, 0.25) is 0 Å². The second kappa shape index (κ2) is 2.64. The van der Waals surface area contributed by atoms with Crippen molar-refractivity contribution in [2.24, 2.45) is 5.22 Å². The van der Waals surface area contributed by atoms with Crippen LogP contribution in [0.25, 0.3) is 0 Å². The maximum absolute atomic E-state index is 6.48. The van der Waals surface area contributed by atoms with E-state index in [2.05, 4.69) is 10.6 Å². The maximum Gasteiger partial charge on any atom is 0.0457 e. The number of hydrogen-bond acceptors (Lipinski definition) is 2. The molecule has 1 fully saturated rings. The molecule has 1 saturated carbocycles. The molecule has 3 heteroatoms. The molecule has 0 aromatic heterocycles. The summed E-state index contributed by atoms with van der Waals surface area (Å²) in [5.74, 6) is 0. The first-order valence-electron chi connectivity index (χ1n) is 3.05. The van der Waals surface area contributed by atoms with Crippen LogP contribution < -0.4 is 5.43 Å². The Morgan fingerprint density at radius 1 is 1.38 bits per heavy atom. The molecular weight excluding hydrogens is 102 g/mol. The van der Waals surface area contributed by atoms with Crippen molar-refractivity contribution in [1.82, 2.24) is 5.43 Å². The highest BCUT2D eigenvalue weighted by Gasteiger charge is 2.12. The predicted molar refractivity (Wildman–Crippen MR) is 30.5 cm³/mol. The van der Waals surface area contributed by atoms with Crippen molar-refractivity contribution in [1.29, 1.82) is 5.53 Å². The van der Waals surface area contributed by atoms with Gasteiger partial charge in [-0.05, 0) is 12.8 Å². The average molecular weight is 113 g/mol. The molecule has 0 unspecified atom stereocenters. The second-order valence-electron chi connectivity index (χ2n) is 2.22. The first-order valence-corrected chi connectivity index (χ1v) is 3.05. The Hall–Kier alpha value is -0.600. The highest BCUT2D eigenvalue weighted by molar-refractivity contribution is 4.70. The normalized spacial score (nSPS) is 21.0. The van der Waals surface area contributed by atoms with Crippen LogP contribution in [0.3, 0.4) is 0 Å². The zero-order chi connectivity index (χ0) is 5.82. The molecule has 46 valence electrons. The SMILES string of the molecule is N=NNC1CCCC1. The predicted octanol–water partition coefficient (Wildman–Crippen LogP) is 1.46. The van der Waals surface area contributed by atoms with Gasteiger partial charge in [0, 0.05) is 6.04 Å². The molecule has 0 heterocycles. The molecule has 1 aliphatic rings. The first kappa shape index (κ1) is 5.54.